The van der Waals surface area contributed by atoms with E-state index in [4.69, 9.17) is 13.9 Å². The summed E-state index contributed by atoms with van der Waals surface area (Å²) in [5, 5.41) is 4.24. The second-order valence-electron chi connectivity index (χ2n) is 11.4. The minimum atomic E-state index is -2.75. The van der Waals surface area contributed by atoms with Gasteiger partial charge in [0.25, 0.3) is 12.3 Å². The molecule has 0 radical (unpaired) electrons. The number of fused-ring (bicyclic) bond motifs is 3. The third-order valence-electron chi connectivity index (χ3n) is 8.83. The predicted octanol–water partition coefficient (Wildman–Crippen LogP) is 7.08. The summed E-state index contributed by atoms with van der Waals surface area (Å²) in [6.07, 6.45) is 5.77. The van der Waals surface area contributed by atoms with Crippen molar-refractivity contribution in [3.05, 3.63) is 60.1 Å². The average molecular weight is 541 g/mol. The molecule has 3 aromatic rings. The summed E-state index contributed by atoms with van der Waals surface area (Å²) in [4.78, 5) is 23.9. The molecule has 1 aromatic carbocycles. The van der Waals surface area contributed by atoms with Crippen LogP contribution in [-0.2, 0) is 10.2 Å². The molecule has 4 aliphatic rings. The van der Waals surface area contributed by atoms with Crippen molar-refractivity contribution in [2.24, 2.45) is 5.41 Å². The summed E-state index contributed by atoms with van der Waals surface area (Å²) >= 11 is 0. The van der Waals surface area contributed by atoms with Crippen molar-refractivity contribution in [1.29, 1.82) is 0 Å². The number of anilines is 1. The largest absolute Gasteiger partial charge is 0.444 e. The monoisotopic (exact) mass is 540 g/mol. The first-order valence-corrected chi connectivity index (χ1v) is 13.6. The van der Waals surface area contributed by atoms with Gasteiger partial charge in [-0.2, -0.15) is 4.98 Å². The maximum absolute atomic E-state index is 13.6. The molecule has 4 saturated carbocycles. The number of nitrogens with zero attached hydrogens (tertiary/aromatic N) is 4. The Morgan fingerprint density at radius 2 is 1.87 bits per heavy atom. The third kappa shape index (κ3) is 4.89. The van der Waals surface area contributed by atoms with Crippen LogP contribution in [0.15, 0.2) is 51.6 Å². The lowest BCUT2D eigenvalue weighted by atomic mass is 9.53. The Hall–Kier alpha value is -3.43. The van der Waals surface area contributed by atoms with E-state index in [0.717, 1.165) is 69.3 Å². The van der Waals surface area contributed by atoms with E-state index < -0.39 is 18.8 Å². The van der Waals surface area contributed by atoms with Crippen LogP contribution in [0, 0.1) is 5.41 Å². The van der Waals surface area contributed by atoms with Crippen molar-refractivity contribution in [1.82, 2.24) is 15.1 Å². The highest BCUT2D eigenvalue weighted by molar-refractivity contribution is 6.05. The molecule has 0 unspecified atom stereocenters. The Morgan fingerprint density at radius 3 is 2.51 bits per heavy atom. The summed E-state index contributed by atoms with van der Waals surface area (Å²) < 4.78 is 50.3. The summed E-state index contributed by atoms with van der Waals surface area (Å²) in [6.45, 7) is 3.62. The van der Waals surface area contributed by atoms with Gasteiger partial charge < -0.3 is 13.8 Å². The third-order valence-corrected chi connectivity index (χ3v) is 8.83. The van der Waals surface area contributed by atoms with E-state index in [1.54, 1.807) is 29.2 Å². The average Bonchev–Trinajstić information content (AvgIpc) is 3.46. The first kappa shape index (κ1) is 25.8. The first-order chi connectivity index (χ1) is 18.8. The van der Waals surface area contributed by atoms with E-state index in [-0.39, 0.29) is 34.6 Å². The molecular formula is C29H31F3N4O3. The molecular weight excluding hydrogens is 509 g/mol. The highest BCUT2D eigenvalue weighted by atomic mass is 19.3. The number of hydrogen-bond donors (Lipinski definition) is 0. The van der Waals surface area contributed by atoms with Crippen LogP contribution in [0.2, 0.25) is 0 Å². The number of hydrogen-bond acceptors (Lipinski definition) is 6. The SMILES string of the molecule is C=C(CCF)C(=O)N(CC12CCC(c3nc(C4CC4)no3)(CC1)CC2)c1cccc(-c2nc(C(F)F)co2)c1. The number of alkyl halides is 3. The molecule has 0 N–H and O–H groups in total. The van der Waals surface area contributed by atoms with Crippen LogP contribution in [0.3, 0.4) is 0 Å². The first-order valence-electron chi connectivity index (χ1n) is 13.6. The standard InChI is InChI=1S/C29H31F3N4O3/c1-18(7-14-30)26(37)36(21-4-2-3-20(15-21)25-33-22(16-38-25)23(31)32)17-28-8-11-29(12-9-28,13-10-28)27-34-24(35-39-27)19-5-6-19/h2-4,15-16,19,23H,1,5-14,17H2. The van der Waals surface area contributed by atoms with Crippen molar-refractivity contribution in [2.45, 2.75) is 75.5 Å². The Bertz CT molecular complexity index is 1350. The van der Waals surface area contributed by atoms with Gasteiger partial charge in [-0.05, 0) is 75.0 Å². The van der Waals surface area contributed by atoms with Crippen molar-refractivity contribution >= 4 is 11.6 Å². The Morgan fingerprint density at radius 1 is 1.13 bits per heavy atom. The van der Waals surface area contributed by atoms with E-state index in [2.05, 4.69) is 16.7 Å². The molecule has 7 nitrogen and oxygen atoms in total. The zero-order valence-corrected chi connectivity index (χ0v) is 21.7. The molecule has 2 heterocycles. The molecule has 2 aromatic heterocycles. The van der Waals surface area contributed by atoms with Gasteiger partial charge in [-0.25, -0.2) is 13.8 Å². The lowest BCUT2D eigenvalue weighted by Gasteiger charge is -2.53. The van der Waals surface area contributed by atoms with E-state index in [9.17, 15) is 18.0 Å². The lowest BCUT2D eigenvalue weighted by Crippen LogP contribution is -2.51. The van der Waals surface area contributed by atoms with Crippen molar-refractivity contribution in [3.8, 4) is 11.5 Å². The number of carbonyl (C=O) groups excluding carboxylic acids is 1. The molecule has 0 saturated heterocycles. The number of rotatable bonds is 10. The highest BCUT2D eigenvalue weighted by Gasteiger charge is 2.53. The van der Waals surface area contributed by atoms with Crippen LogP contribution in [0.1, 0.15) is 87.5 Å². The van der Waals surface area contributed by atoms with Gasteiger partial charge in [0.05, 0.1) is 6.67 Å². The van der Waals surface area contributed by atoms with Crippen LogP contribution in [0.25, 0.3) is 11.5 Å². The lowest BCUT2D eigenvalue weighted by molar-refractivity contribution is -0.116. The van der Waals surface area contributed by atoms with Crippen LogP contribution >= 0.6 is 0 Å². The van der Waals surface area contributed by atoms with Gasteiger partial charge in [0, 0.05) is 41.1 Å². The van der Waals surface area contributed by atoms with Gasteiger partial charge in [0.1, 0.15) is 12.0 Å². The van der Waals surface area contributed by atoms with E-state index >= 15 is 0 Å². The molecule has 1 amide bonds. The minimum Gasteiger partial charge on any atom is -0.444 e. The topological polar surface area (TPSA) is 85.3 Å². The number of amides is 1. The van der Waals surface area contributed by atoms with Crippen LogP contribution in [0.5, 0.6) is 0 Å². The van der Waals surface area contributed by atoms with Gasteiger partial charge in [-0.3, -0.25) is 9.18 Å². The highest BCUT2D eigenvalue weighted by Crippen LogP contribution is 2.58. The minimum absolute atomic E-state index is 0.0468. The molecule has 4 fully saturated rings. The number of oxazole rings is 1. The summed E-state index contributed by atoms with van der Waals surface area (Å²) in [6, 6.07) is 6.90. The molecule has 10 heteroatoms. The fraction of sp³-hybridized carbons (Fsp3) is 0.517. The number of carbonyl (C=O) groups is 1. The zero-order valence-electron chi connectivity index (χ0n) is 21.7. The van der Waals surface area contributed by atoms with Crippen molar-refractivity contribution in [3.63, 3.8) is 0 Å². The second kappa shape index (κ2) is 9.95. The Balaban J connectivity index is 1.25. The number of aromatic nitrogens is 3. The molecule has 0 aliphatic heterocycles. The molecule has 7 rings (SSSR count). The fourth-order valence-electron chi connectivity index (χ4n) is 6.13. The van der Waals surface area contributed by atoms with Gasteiger partial charge in [-0.1, -0.05) is 17.8 Å². The quantitative estimate of drug-likeness (QED) is 0.256. The van der Waals surface area contributed by atoms with Gasteiger partial charge >= 0.3 is 0 Å². The van der Waals surface area contributed by atoms with Gasteiger partial charge in [0.2, 0.25) is 11.8 Å². The maximum atomic E-state index is 13.6. The molecule has 2 bridgehead atoms. The van der Waals surface area contributed by atoms with Crippen molar-refractivity contribution in [2.75, 3.05) is 18.1 Å². The molecule has 0 atom stereocenters. The second-order valence-corrected chi connectivity index (χ2v) is 11.4. The van der Waals surface area contributed by atoms with Crippen LogP contribution in [-0.4, -0.2) is 34.3 Å². The van der Waals surface area contributed by atoms with Crippen molar-refractivity contribution < 1.29 is 26.9 Å². The molecule has 4 aliphatic carbocycles. The fourth-order valence-corrected chi connectivity index (χ4v) is 6.13. The van der Waals surface area contributed by atoms with Gasteiger partial charge in [-0.15, -0.1) is 0 Å². The van der Waals surface area contributed by atoms with E-state index in [1.165, 1.54) is 0 Å². The van der Waals surface area contributed by atoms with Crippen LogP contribution < -0.4 is 4.90 Å². The Kier molecular flexibility index (Phi) is 6.59. The van der Waals surface area contributed by atoms with Gasteiger partial charge in [0.15, 0.2) is 5.82 Å². The smallest absolute Gasteiger partial charge is 0.283 e. The Labute approximate surface area is 224 Å². The summed E-state index contributed by atoms with van der Waals surface area (Å²) in [5.74, 6) is 1.73. The summed E-state index contributed by atoms with van der Waals surface area (Å²) in [5.41, 5.74) is 0.555. The normalized spacial score (nSPS) is 24.3. The molecule has 39 heavy (non-hydrogen) atoms. The number of benzene rings is 1. The predicted molar refractivity (Wildman–Crippen MR) is 137 cm³/mol. The van der Waals surface area contributed by atoms with E-state index in [1.807, 2.05) is 0 Å². The maximum Gasteiger partial charge on any atom is 0.283 e. The number of halogens is 3. The van der Waals surface area contributed by atoms with Crippen LogP contribution in [0.4, 0.5) is 18.9 Å². The summed E-state index contributed by atoms with van der Waals surface area (Å²) in [7, 11) is 0. The molecule has 0 spiro atoms. The zero-order chi connectivity index (χ0) is 27.2. The van der Waals surface area contributed by atoms with E-state index in [0.29, 0.717) is 23.7 Å². The molecule has 206 valence electrons.